The number of aliphatic imine (C=N–C) groups is 1. The highest BCUT2D eigenvalue weighted by molar-refractivity contribution is 7.17. The van der Waals surface area contributed by atoms with Crippen LogP contribution in [0, 0.1) is 6.92 Å². The maximum atomic E-state index is 11.7. The molecule has 0 fully saturated rings. The van der Waals surface area contributed by atoms with Crippen molar-refractivity contribution in [2.24, 2.45) is 10.1 Å². The molecule has 0 saturated carbocycles. The number of carbonyl (C=O) groups is 1. The number of pyridine rings is 1. The average molecular weight is 385 g/mol. The summed E-state index contributed by atoms with van der Waals surface area (Å²) < 4.78 is 4.71. The van der Waals surface area contributed by atoms with E-state index in [0.29, 0.717) is 11.4 Å². The van der Waals surface area contributed by atoms with Crippen molar-refractivity contribution < 1.29 is 14.4 Å². The van der Waals surface area contributed by atoms with E-state index in [-0.39, 0.29) is 5.70 Å². The lowest BCUT2D eigenvalue weighted by Crippen LogP contribution is -2.36. The van der Waals surface area contributed by atoms with Crippen LogP contribution in [0.4, 0.5) is 0 Å². The molecule has 9 heteroatoms. The minimum absolute atomic E-state index is 0.274. The number of hydrogen-bond donors (Lipinski definition) is 1. The first kappa shape index (κ1) is 18.7. The lowest BCUT2D eigenvalue weighted by atomic mass is 10.3. The van der Waals surface area contributed by atoms with Crippen LogP contribution >= 0.6 is 11.3 Å². The fourth-order valence-corrected chi connectivity index (χ4v) is 3.42. The fourth-order valence-electron chi connectivity index (χ4n) is 2.43. The molecule has 0 spiro atoms. The highest BCUT2D eigenvalue weighted by atomic mass is 32.1. The molecular formula is C18H19N5O3S. The number of esters is 1. The van der Waals surface area contributed by atoms with Gasteiger partial charge < -0.3 is 14.9 Å². The molecule has 2 aromatic heterocycles. The predicted molar refractivity (Wildman–Crippen MR) is 104 cm³/mol. The van der Waals surface area contributed by atoms with E-state index in [2.05, 4.69) is 25.4 Å². The van der Waals surface area contributed by atoms with Gasteiger partial charge in [-0.1, -0.05) is 5.16 Å². The molecular weight excluding hydrogens is 366 g/mol. The number of oxime groups is 1. The van der Waals surface area contributed by atoms with Crippen LogP contribution in [0.15, 0.2) is 46.4 Å². The van der Waals surface area contributed by atoms with Gasteiger partial charge in [0, 0.05) is 23.7 Å². The zero-order valence-electron chi connectivity index (χ0n) is 15.4. The van der Waals surface area contributed by atoms with Crippen LogP contribution in [0.5, 0.6) is 0 Å². The van der Waals surface area contributed by atoms with Gasteiger partial charge in [0.05, 0.1) is 23.4 Å². The van der Waals surface area contributed by atoms with Gasteiger partial charge >= 0.3 is 5.97 Å². The third-order valence-corrected chi connectivity index (χ3v) is 5.00. The Labute approximate surface area is 160 Å². The standard InChI is InChI=1S/C18H19N5O3S/c1-10-8-14(17(24)25-4)22-18(20-10)26-23-12(3)15-11(2)21-16(27-15)13-6-5-7-19-9-13/h5-9,18,22H,1-4H3/b23-12+. The van der Waals surface area contributed by atoms with Gasteiger partial charge in [-0.15, -0.1) is 11.3 Å². The van der Waals surface area contributed by atoms with E-state index in [9.17, 15) is 4.79 Å². The molecule has 3 heterocycles. The van der Waals surface area contributed by atoms with Crippen LogP contribution in [0.1, 0.15) is 24.4 Å². The van der Waals surface area contributed by atoms with Crippen molar-refractivity contribution in [3.05, 3.63) is 46.9 Å². The summed E-state index contributed by atoms with van der Waals surface area (Å²) in [6, 6.07) is 3.83. The second-order valence-electron chi connectivity index (χ2n) is 5.77. The first-order valence-electron chi connectivity index (χ1n) is 8.17. The Morgan fingerprint density at radius 3 is 2.89 bits per heavy atom. The summed E-state index contributed by atoms with van der Waals surface area (Å²) in [4.78, 5) is 31.0. The Morgan fingerprint density at radius 2 is 2.19 bits per heavy atom. The van der Waals surface area contributed by atoms with Gasteiger partial charge in [-0.25, -0.2) is 14.8 Å². The molecule has 1 N–H and O–H groups in total. The molecule has 0 radical (unpaired) electrons. The lowest BCUT2D eigenvalue weighted by Gasteiger charge is -2.19. The van der Waals surface area contributed by atoms with E-state index >= 15 is 0 Å². The van der Waals surface area contributed by atoms with E-state index < -0.39 is 12.3 Å². The van der Waals surface area contributed by atoms with Crippen LogP contribution < -0.4 is 5.32 Å². The van der Waals surface area contributed by atoms with Crippen LogP contribution in [-0.4, -0.2) is 40.8 Å². The number of hydrogen-bond acceptors (Lipinski definition) is 9. The highest BCUT2D eigenvalue weighted by Gasteiger charge is 2.21. The minimum atomic E-state index is -0.801. The van der Waals surface area contributed by atoms with Crippen molar-refractivity contribution in [2.75, 3.05) is 7.11 Å². The number of methoxy groups -OCH3 is 1. The van der Waals surface area contributed by atoms with Gasteiger partial charge in [0.2, 0.25) is 0 Å². The third kappa shape index (κ3) is 4.37. The molecule has 2 aromatic rings. The van der Waals surface area contributed by atoms with Crippen LogP contribution in [0.25, 0.3) is 10.6 Å². The highest BCUT2D eigenvalue weighted by Crippen LogP contribution is 2.27. The monoisotopic (exact) mass is 385 g/mol. The third-order valence-electron chi connectivity index (χ3n) is 3.68. The SMILES string of the molecule is COC(=O)C1=CC(C)=NC(O/N=C(\C)c2sc(-c3cccnc3)nc2C)N1. The van der Waals surface area contributed by atoms with E-state index in [4.69, 9.17) is 9.57 Å². The Bertz CT molecular complexity index is 934. The smallest absolute Gasteiger partial charge is 0.354 e. The number of ether oxygens (including phenoxy) is 1. The zero-order valence-corrected chi connectivity index (χ0v) is 16.2. The molecule has 1 aliphatic heterocycles. The number of allylic oxidation sites excluding steroid dienone is 1. The lowest BCUT2D eigenvalue weighted by molar-refractivity contribution is -0.137. The van der Waals surface area contributed by atoms with E-state index in [0.717, 1.165) is 21.1 Å². The molecule has 3 rings (SSSR count). The molecule has 8 nitrogen and oxygen atoms in total. The summed E-state index contributed by atoms with van der Waals surface area (Å²) in [5.41, 5.74) is 3.39. The van der Waals surface area contributed by atoms with Gasteiger partial charge in [-0.2, -0.15) is 0 Å². The van der Waals surface area contributed by atoms with E-state index in [1.807, 2.05) is 26.0 Å². The van der Waals surface area contributed by atoms with Gasteiger partial charge in [-0.3, -0.25) is 4.98 Å². The van der Waals surface area contributed by atoms with Crippen LogP contribution in [0.2, 0.25) is 0 Å². The van der Waals surface area contributed by atoms with E-state index in [1.165, 1.54) is 18.4 Å². The molecule has 0 bridgehead atoms. The molecule has 0 aliphatic carbocycles. The second-order valence-corrected chi connectivity index (χ2v) is 6.77. The van der Waals surface area contributed by atoms with Crippen molar-refractivity contribution in [2.45, 2.75) is 27.1 Å². The summed E-state index contributed by atoms with van der Waals surface area (Å²) in [5, 5.41) is 7.87. The molecule has 27 heavy (non-hydrogen) atoms. The Balaban J connectivity index is 1.74. The number of thiazole rings is 1. The Morgan fingerprint density at radius 1 is 1.37 bits per heavy atom. The van der Waals surface area contributed by atoms with Gasteiger partial charge in [0.1, 0.15) is 10.7 Å². The maximum Gasteiger partial charge on any atom is 0.354 e. The molecule has 0 saturated heterocycles. The molecule has 1 atom stereocenters. The maximum absolute atomic E-state index is 11.7. The summed E-state index contributed by atoms with van der Waals surface area (Å²) in [6.07, 6.45) is 4.29. The van der Waals surface area contributed by atoms with E-state index in [1.54, 1.807) is 25.4 Å². The second kappa shape index (κ2) is 8.09. The number of rotatable bonds is 5. The first-order valence-corrected chi connectivity index (χ1v) is 8.99. The van der Waals surface area contributed by atoms with Crippen molar-refractivity contribution in [3.63, 3.8) is 0 Å². The molecule has 0 amide bonds. The van der Waals surface area contributed by atoms with Crippen molar-refractivity contribution >= 4 is 28.7 Å². The fraction of sp³-hybridized carbons (Fsp3) is 0.278. The average Bonchev–Trinajstić information content (AvgIpc) is 3.07. The molecule has 140 valence electrons. The van der Waals surface area contributed by atoms with Gasteiger partial charge in [-0.05, 0) is 39.0 Å². The normalized spacial score (nSPS) is 16.9. The Kier molecular flexibility index (Phi) is 5.60. The summed E-state index contributed by atoms with van der Waals surface area (Å²) >= 11 is 1.51. The number of aromatic nitrogens is 2. The zero-order chi connectivity index (χ0) is 19.4. The molecule has 1 aliphatic rings. The number of nitrogens with zero attached hydrogens (tertiary/aromatic N) is 4. The van der Waals surface area contributed by atoms with Crippen LogP contribution in [-0.2, 0) is 14.4 Å². The first-order chi connectivity index (χ1) is 13.0. The molecule has 1 unspecified atom stereocenters. The van der Waals surface area contributed by atoms with Crippen molar-refractivity contribution in [1.29, 1.82) is 0 Å². The number of carbonyl (C=O) groups excluding carboxylic acids is 1. The van der Waals surface area contributed by atoms with Gasteiger partial charge in [0.15, 0.2) is 0 Å². The molecule has 0 aromatic carbocycles. The van der Waals surface area contributed by atoms with Crippen molar-refractivity contribution in [3.8, 4) is 10.6 Å². The summed E-state index contributed by atoms with van der Waals surface area (Å²) in [7, 11) is 1.32. The largest absolute Gasteiger partial charge is 0.464 e. The van der Waals surface area contributed by atoms with Gasteiger partial charge in [0.25, 0.3) is 6.35 Å². The topological polar surface area (TPSA) is 98.1 Å². The van der Waals surface area contributed by atoms with Crippen LogP contribution in [0.3, 0.4) is 0 Å². The summed E-state index contributed by atoms with van der Waals surface area (Å²) in [6.45, 7) is 5.53. The van der Waals surface area contributed by atoms with Crippen molar-refractivity contribution in [1.82, 2.24) is 15.3 Å². The minimum Gasteiger partial charge on any atom is -0.464 e. The predicted octanol–water partition coefficient (Wildman–Crippen LogP) is 2.66. The Hall–Kier alpha value is -3.07. The number of nitrogens with one attached hydrogen (secondary N) is 1. The summed E-state index contributed by atoms with van der Waals surface area (Å²) in [5.74, 6) is -0.488. The quantitative estimate of drug-likeness (QED) is 0.483. The number of aryl methyl sites for hydroxylation is 1.